The largest absolute Gasteiger partial charge is 0.377 e. The Kier molecular flexibility index (Phi) is 5.60. The molecule has 0 radical (unpaired) electrons. The average Bonchev–Trinajstić information content (AvgIpc) is 2.83. The minimum atomic E-state index is 0.475. The average molecular weight is 258 g/mol. The Morgan fingerprint density at radius 2 is 2.29 bits per heavy atom. The zero-order valence-corrected chi connectivity index (χ0v) is 12.0. The van der Waals surface area contributed by atoms with Crippen LogP contribution < -0.4 is 5.32 Å². The zero-order valence-electron chi connectivity index (χ0n) is 11.2. The molecule has 0 aromatic rings. The van der Waals surface area contributed by atoms with E-state index in [1.54, 1.807) is 0 Å². The highest BCUT2D eigenvalue weighted by atomic mass is 32.2. The van der Waals surface area contributed by atoms with E-state index in [2.05, 4.69) is 35.8 Å². The van der Waals surface area contributed by atoms with Crippen molar-refractivity contribution in [1.29, 1.82) is 0 Å². The maximum atomic E-state index is 5.60. The number of rotatable bonds is 5. The molecule has 3 atom stereocenters. The molecular weight excluding hydrogens is 232 g/mol. The van der Waals surface area contributed by atoms with Gasteiger partial charge in [-0.25, -0.2) is 0 Å². The van der Waals surface area contributed by atoms with Gasteiger partial charge in [-0.3, -0.25) is 4.90 Å². The summed E-state index contributed by atoms with van der Waals surface area (Å²) < 4.78 is 5.60. The van der Waals surface area contributed by atoms with Crippen molar-refractivity contribution in [3.05, 3.63) is 0 Å². The molecule has 2 aliphatic rings. The zero-order chi connectivity index (χ0) is 12.1. The molecule has 2 fully saturated rings. The van der Waals surface area contributed by atoms with Crippen molar-refractivity contribution in [3.63, 3.8) is 0 Å². The number of hydrogen-bond donors (Lipinski definition) is 1. The number of ether oxygens (including phenoxy) is 1. The fraction of sp³-hybridized carbons (Fsp3) is 1.00. The van der Waals surface area contributed by atoms with Gasteiger partial charge in [-0.2, -0.15) is 11.8 Å². The number of nitrogens with one attached hydrogen (secondary N) is 1. The molecule has 17 heavy (non-hydrogen) atoms. The summed E-state index contributed by atoms with van der Waals surface area (Å²) in [6.07, 6.45) is 2.95. The highest BCUT2D eigenvalue weighted by Crippen LogP contribution is 2.23. The summed E-state index contributed by atoms with van der Waals surface area (Å²) in [6.45, 7) is 10.2. The quantitative estimate of drug-likeness (QED) is 0.757. The van der Waals surface area contributed by atoms with Gasteiger partial charge in [0.1, 0.15) is 0 Å². The lowest BCUT2D eigenvalue weighted by atomic mass is 10.2. The maximum Gasteiger partial charge on any atom is 0.0700 e. The first-order valence-corrected chi connectivity index (χ1v) is 8.00. The van der Waals surface area contributed by atoms with Gasteiger partial charge in [0.05, 0.1) is 6.10 Å². The van der Waals surface area contributed by atoms with Crippen LogP contribution in [0.25, 0.3) is 0 Å². The van der Waals surface area contributed by atoms with Crippen LogP contribution in [0.4, 0.5) is 0 Å². The monoisotopic (exact) mass is 258 g/mol. The van der Waals surface area contributed by atoms with E-state index >= 15 is 0 Å². The third kappa shape index (κ3) is 4.12. The summed E-state index contributed by atoms with van der Waals surface area (Å²) in [7, 11) is 0. The van der Waals surface area contributed by atoms with Crippen molar-refractivity contribution in [2.75, 3.05) is 38.5 Å². The number of nitrogens with zero attached hydrogens (tertiary/aromatic N) is 1. The van der Waals surface area contributed by atoms with Crippen LogP contribution in [0, 0.1) is 0 Å². The first-order valence-electron chi connectivity index (χ1n) is 6.95. The molecule has 3 nitrogen and oxygen atoms in total. The molecule has 100 valence electrons. The Bertz CT molecular complexity index is 221. The van der Waals surface area contributed by atoms with Gasteiger partial charge < -0.3 is 10.1 Å². The molecule has 4 heteroatoms. The molecule has 0 amide bonds. The summed E-state index contributed by atoms with van der Waals surface area (Å²) in [5.74, 6) is 1.29. The second-order valence-corrected chi connectivity index (χ2v) is 6.68. The van der Waals surface area contributed by atoms with Crippen molar-refractivity contribution in [2.45, 2.75) is 44.1 Å². The Balaban J connectivity index is 1.57. The van der Waals surface area contributed by atoms with Crippen molar-refractivity contribution in [1.82, 2.24) is 10.2 Å². The minimum Gasteiger partial charge on any atom is -0.377 e. The Morgan fingerprint density at radius 1 is 1.41 bits per heavy atom. The van der Waals surface area contributed by atoms with E-state index in [9.17, 15) is 0 Å². The summed E-state index contributed by atoms with van der Waals surface area (Å²) in [5.41, 5.74) is 0. The fourth-order valence-corrected chi connectivity index (χ4v) is 3.76. The highest BCUT2D eigenvalue weighted by Gasteiger charge is 2.24. The van der Waals surface area contributed by atoms with E-state index in [4.69, 9.17) is 4.74 Å². The van der Waals surface area contributed by atoms with Gasteiger partial charge in [0, 0.05) is 49.8 Å². The van der Waals surface area contributed by atoms with Crippen molar-refractivity contribution >= 4 is 11.8 Å². The predicted octanol–water partition coefficient (Wildman–Crippen LogP) is 1.58. The van der Waals surface area contributed by atoms with Crippen LogP contribution in [-0.2, 0) is 4.74 Å². The molecule has 2 rings (SSSR count). The van der Waals surface area contributed by atoms with Crippen LogP contribution in [0.5, 0.6) is 0 Å². The van der Waals surface area contributed by atoms with Gasteiger partial charge in [-0.05, 0) is 19.8 Å². The molecule has 1 N–H and O–H groups in total. The number of thioether (sulfide) groups is 1. The van der Waals surface area contributed by atoms with Gasteiger partial charge in [0.25, 0.3) is 0 Å². The van der Waals surface area contributed by atoms with Gasteiger partial charge >= 0.3 is 0 Å². The highest BCUT2D eigenvalue weighted by molar-refractivity contribution is 8.00. The minimum absolute atomic E-state index is 0.475. The lowest BCUT2D eigenvalue weighted by Gasteiger charge is -2.37. The topological polar surface area (TPSA) is 24.5 Å². The molecule has 0 saturated carbocycles. The molecule has 0 bridgehead atoms. The van der Waals surface area contributed by atoms with E-state index in [1.807, 2.05) is 0 Å². The van der Waals surface area contributed by atoms with Crippen molar-refractivity contribution in [2.24, 2.45) is 0 Å². The van der Waals surface area contributed by atoms with E-state index in [-0.39, 0.29) is 0 Å². The van der Waals surface area contributed by atoms with Crippen molar-refractivity contribution in [3.8, 4) is 0 Å². The van der Waals surface area contributed by atoms with E-state index in [0.29, 0.717) is 6.10 Å². The molecular formula is C13H26N2OS. The van der Waals surface area contributed by atoms with Gasteiger partial charge in [-0.1, -0.05) is 6.92 Å². The Hall–Kier alpha value is 0.230. The Morgan fingerprint density at radius 3 is 3.06 bits per heavy atom. The molecule has 2 saturated heterocycles. The SMILES string of the molecule is CC1SCCN(CCNCC2CCCO2)C1C. The standard InChI is InChI=1S/C13H26N2OS/c1-11-12(2)17-9-7-15(11)6-5-14-10-13-4-3-8-16-13/h11-14H,3-10H2,1-2H3. The van der Waals surface area contributed by atoms with Crippen LogP contribution in [0.3, 0.4) is 0 Å². The van der Waals surface area contributed by atoms with Crippen LogP contribution in [0.15, 0.2) is 0 Å². The lowest BCUT2D eigenvalue weighted by Crippen LogP contribution is -2.47. The van der Waals surface area contributed by atoms with Crippen LogP contribution in [-0.4, -0.2) is 60.8 Å². The van der Waals surface area contributed by atoms with E-state index in [0.717, 1.165) is 31.0 Å². The molecule has 0 aromatic carbocycles. The molecule has 0 spiro atoms. The molecule has 2 heterocycles. The van der Waals surface area contributed by atoms with Gasteiger partial charge in [0.2, 0.25) is 0 Å². The second-order valence-electron chi connectivity index (χ2n) is 5.19. The maximum absolute atomic E-state index is 5.60. The number of hydrogen-bond acceptors (Lipinski definition) is 4. The third-order valence-corrected chi connectivity index (χ3v) is 5.32. The van der Waals surface area contributed by atoms with Crippen LogP contribution in [0.2, 0.25) is 0 Å². The van der Waals surface area contributed by atoms with Crippen molar-refractivity contribution < 1.29 is 4.74 Å². The molecule has 2 aliphatic heterocycles. The smallest absolute Gasteiger partial charge is 0.0700 e. The van der Waals surface area contributed by atoms with Gasteiger partial charge in [-0.15, -0.1) is 0 Å². The lowest BCUT2D eigenvalue weighted by molar-refractivity contribution is 0.108. The molecule has 0 aromatic heterocycles. The van der Waals surface area contributed by atoms with Crippen LogP contribution >= 0.6 is 11.8 Å². The summed E-state index contributed by atoms with van der Waals surface area (Å²) >= 11 is 2.11. The summed E-state index contributed by atoms with van der Waals surface area (Å²) in [4.78, 5) is 2.61. The summed E-state index contributed by atoms with van der Waals surface area (Å²) in [6, 6.07) is 0.721. The van der Waals surface area contributed by atoms with E-state index < -0.39 is 0 Å². The first kappa shape index (κ1) is 13.7. The Labute approximate surface area is 110 Å². The van der Waals surface area contributed by atoms with Crippen LogP contribution in [0.1, 0.15) is 26.7 Å². The molecule has 0 aliphatic carbocycles. The first-order chi connectivity index (χ1) is 8.27. The normalized spacial score (nSPS) is 35.3. The van der Waals surface area contributed by atoms with E-state index in [1.165, 1.54) is 31.7 Å². The second kappa shape index (κ2) is 6.98. The third-order valence-electron chi connectivity index (χ3n) is 3.99. The summed E-state index contributed by atoms with van der Waals surface area (Å²) in [5, 5.41) is 4.32. The molecule has 3 unspecified atom stereocenters. The fourth-order valence-electron chi connectivity index (χ4n) is 2.60. The predicted molar refractivity (Wildman–Crippen MR) is 74.8 cm³/mol. The van der Waals surface area contributed by atoms with Gasteiger partial charge in [0.15, 0.2) is 0 Å².